The number of rotatable bonds is 14. The molecule has 3 amide bonds. The van der Waals surface area contributed by atoms with Crippen LogP contribution in [-0.4, -0.2) is 82.6 Å². The molecule has 3 unspecified atom stereocenters. The normalized spacial score (nSPS) is 25.3. The number of hydrogen-bond donors (Lipinski definition) is 1. The van der Waals surface area contributed by atoms with Crippen molar-refractivity contribution in [2.75, 3.05) is 36.1 Å². The molecule has 6 rings (SSSR count). The summed E-state index contributed by atoms with van der Waals surface area (Å²) < 4.78 is 12.5. The van der Waals surface area contributed by atoms with Crippen LogP contribution < -0.4 is 14.5 Å². The third-order valence-electron chi connectivity index (χ3n) is 10.4. The fourth-order valence-corrected chi connectivity index (χ4v) is 9.22. The molecule has 7 atom stereocenters. The van der Waals surface area contributed by atoms with Gasteiger partial charge >= 0.3 is 0 Å². The molecule has 3 heterocycles. The number of aliphatic hydroxyl groups excluding tert-OH is 1. The van der Waals surface area contributed by atoms with Gasteiger partial charge < -0.3 is 29.3 Å². The molecule has 0 saturated carbocycles. The summed E-state index contributed by atoms with van der Waals surface area (Å²) in [7, 11) is 0. The van der Waals surface area contributed by atoms with Crippen molar-refractivity contribution in [2.45, 2.75) is 62.2 Å². The molecule has 3 aliphatic heterocycles. The second-order valence-electron chi connectivity index (χ2n) is 13.6. The quantitative estimate of drug-likeness (QED) is 0.165. The largest absolute Gasteiger partial charge is 0.494 e. The number of aryl methyl sites for hydroxylation is 2. The molecule has 3 aliphatic rings. The van der Waals surface area contributed by atoms with E-state index in [0.29, 0.717) is 36.6 Å². The molecule has 3 aromatic carbocycles. The summed E-state index contributed by atoms with van der Waals surface area (Å²) in [6.45, 7) is 14.2. The van der Waals surface area contributed by atoms with Crippen molar-refractivity contribution in [3.8, 4) is 5.75 Å². The highest BCUT2D eigenvalue weighted by molar-refractivity contribution is 9.09. The molecule has 10 heteroatoms. The number of carbonyl (C=O) groups excluding carboxylic acids is 3. The monoisotopic (exact) mass is 755 g/mol. The molecule has 1 N–H and O–H groups in total. The Balaban J connectivity index is 1.47. The lowest BCUT2D eigenvalue weighted by molar-refractivity contribution is -0.144. The van der Waals surface area contributed by atoms with E-state index in [1.54, 1.807) is 22.0 Å². The van der Waals surface area contributed by atoms with Crippen molar-refractivity contribution in [1.82, 2.24) is 4.90 Å². The van der Waals surface area contributed by atoms with Crippen molar-refractivity contribution in [3.63, 3.8) is 0 Å². The van der Waals surface area contributed by atoms with E-state index >= 15 is 9.59 Å². The number of benzene rings is 3. The molecule has 0 radical (unpaired) electrons. The average Bonchev–Trinajstić information content (AvgIpc) is 3.73. The summed E-state index contributed by atoms with van der Waals surface area (Å²) in [5.74, 6) is -2.17. The summed E-state index contributed by atoms with van der Waals surface area (Å²) in [5, 5.41) is 10.9. The maximum absolute atomic E-state index is 15.3. The van der Waals surface area contributed by atoms with E-state index in [0.717, 1.165) is 16.7 Å². The number of hydrogen-bond acceptors (Lipinski definition) is 6. The van der Waals surface area contributed by atoms with Crippen molar-refractivity contribution < 1.29 is 29.0 Å². The van der Waals surface area contributed by atoms with Crippen LogP contribution in [0.25, 0.3) is 0 Å². The van der Waals surface area contributed by atoms with Gasteiger partial charge in [0.1, 0.15) is 17.4 Å². The van der Waals surface area contributed by atoms with Gasteiger partial charge in [-0.25, -0.2) is 0 Å². The van der Waals surface area contributed by atoms with Gasteiger partial charge in [-0.2, -0.15) is 0 Å². The van der Waals surface area contributed by atoms with E-state index in [4.69, 9.17) is 9.47 Å². The van der Waals surface area contributed by atoms with Gasteiger partial charge in [0.05, 0.1) is 37.2 Å². The molecule has 3 fully saturated rings. The Labute approximate surface area is 308 Å². The number of carbonyl (C=O) groups is 3. The van der Waals surface area contributed by atoms with Crippen LogP contribution in [0.5, 0.6) is 5.75 Å². The van der Waals surface area contributed by atoms with Gasteiger partial charge in [0.15, 0.2) is 0 Å². The number of ether oxygens (including phenoxy) is 2. The standard InChI is InChI=1S/C41H46BrN3O6/c1-6-20-43(29-16-18-31(19-17-29)50-8-3)38(47)34-35-39(48)45(30(25-46)23-28-12-10-9-11-13-28)37(41(35)24-32(42)36(34)51-41)40(49)44(21-7-2)33-22-26(4)14-15-27(33)5/h6-7,9-19,22,30,32,34-37,46H,1-2,8,20-21,23-25H2,3-5H3/t30-,32?,34-,35+,36-,37?,41?/m1/s1. The first-order valence-electron chi connectivity index (χ1n) is 17.5. The van der Waals surface area contributed by atoms with Crippen LogP contribution in [0.2, 0.25) is 0 Å². The first kappa shape index (κ1) is 36.5. The highest BCUT2D eigenvalue weighted by Crippen LogP contribution is 2.61. The number of anilines is 2. The first-order valence-corrected chi connectivity index (χ1v) is 18.4. The Morgan fingerprint density at radius 1 is 1.04 bits per heavy atom. The van der Waals surface area contributed by atoms with Gasteiger partial charge in [0.25, 0.3) is 5.91 Å². The Kier molecular flexibility index (Phi) is 10.9. The zero-order valence-electron chi connectivity index (χ0n) is 29.4. The summed E-state index contributed by atoms with van der Waals surface area (Å²) in [4.78, 5) is 49.7. The zero-order valence-corrected chi connectivity index (χ0v) is 31.0. The van der Waals surface area contributed by atoms with Gasteiger partial charge in [-0.05, 0) is 80.6 Å². The SMILES string of the molecule is C=CCN(C(=O)[C@H]1[C@@H]2OC3(CC2Br)C(C(=O)N(CC=C)c2cc(C)ccc2C)N([C@@H](CO)Cc2ccccc2)C(=O)[C@H]13)c1ccc(OCC)cc1. The minimum atomic E-state index is -1.33. The van der Waals surface area contributed by atoms with E-state index in [-0.39, 0.29) is 42.2 Å². The molecule has 9 nitrogen and oxygen atoms in total. The van der Waals surface area contributed by atoms with Crippen LogP contribution in [0.1, 0.15) is 30.0 Å². The lowest BCUT2D eigenvalue weighted by Gasteiger charge is -2.40. The number of halogens is 1. The summed E-state index contributed by atoms with van der Waals surface area (Å²) >= 11 is 3.81. The van der Waals surface area contributed by atoms with Crippen LogP contribution in [-0.2, 0) is 25.5 Å². The van der Waals surface area contributed by atoms with Crippen LogP contribution in [0.4, 0.5) is 11.4 Å². The van der Waals surface area contributed by atoms with Gasteiger partial charge in [-0.15, -0.1) is 13.2 Å². The van der Waals surface area contributed by atoms with Gasteiger partial charge in [-0.1, -0.05) is 70.5 Å². The van der Waals surface area contributed by atoms with E-state index in [9.17, 15) is 9.90 Å². The third-order valence-corrected chi connectivity index (χ3v) is 11.3. The van der Waals surface area contributed by atoms with Gasteiger partial charge in [-0.3, -0.25) is 14.4 Å². The van der Waals surface area contributed by atoms with Gasteiger partial charge in [0, 0.05) is 29.3 Å². The van der Waals surface area contributed by atoms with E-state index < -0.39 is 35.6 Å². The number of aliphatic hydroxyl groups is 1. The minimum absolute atomic E-state index is 0.194. The molecule has 51 heavy (non-hydrogen) atoms. The highest BCUT2D eigenvalue weighted by atomic mass is 79.9. The molecule has 3 aromatic rings. The Hall–Kier alpha value is -4.25. The molecular formula is C41H46BrN3O6. The number of alkyl halides is 1. The first-order chi connectivity index (χ1) is 24.6. The fraction of sp³-hybridized carbons (Fsp3) is 0.390. The zero-order chi connectivity index (χ0) is 36.4. The average molecular weight is 757 g/mol. The van der Waals surface area contributed by atoms with E-state index in [2.05, 4.69) is 29.1 Å². The van der Waals surface area contributed by atoms with E-state index in [1.807, 2.05) is 93.6 Å². The third kappa shape index (κ3) is 6.54. The summed E-state index contributed by atoms with van der Waals surface area (Å²) in [5.41, 5.74) is 2.79. The minimum Gasteiger partial charge on any atom is -0.494 e. The Morgan fingerprint density at radius 3 is 2.37 bits per heavy atom. The van der Waals surface area contributed by atoms with Crippen molar-refractivity contribution in [2.24, 2.45) is 11.8 Å². The second-order valence-corrected chi connectivity index (χ2v) is 14.8. The van der Waals surface area contributed by atoms with Gasteiger partial charge in [0.2, 0.25) is 11.8 Å². The lowest BCUT2D eigenvalue weighted by atomic mass is 9.70. The molecule has 0 aromatic heterocycles. The van der Waals surface area contributed by atoms with Crippen molar-refractivity contribution >= 4 is 45.0 Å². The number of likely N-dealkylation sites (tertiary alicyclic amines) is 1. The fourth-order valence-electron chi connectivity index (χ4n) is 8.27. The van der Waals surface area contributed by atoms with Crippen LogP contribution in [0.3, 0.4) is 0 Å². The van der Waals surface area contributed by atoms with Crippen molar-refractivity contribution in [1.29, 1.82) is 0 Å². The van der Waals surface area contributed by atoms with Crippen LogP contribution in [0, 0.1) is 25.7 Å². The number of nitrogens with zero attached hydrogens (tertiary/aromatic N) is 3. The number of amides is 3. The molecular weight excluding hydrogens is 710 g/mol. The van der Waals surface area contributed by atoms with Crippen LogP contribution in [0.15, 0.2) is 98.1 Å². The Morgan fingerprint density at radius 2 is 1.73 bits per heavy atom. The summed E-state index contributed by atoms with van der Waals surface area (Å²) in [6.07, 6.45) is 3.31. The number of fused-ring (bicyclic) bond motifs is 1. The highest BCUT2D eigenvalue weighted by Gasteiger charge is 2.77. The maximum Gasteiger partial charge on any atom is 0.253 e. The molecule has 2 bridgehead atoms. The predicted octanol–water partition coefficient (Wildman–Crippen LogP) is 5.79. The molecule has 1 spiro atoms. The summed E-state index contributed by atoms with van der Waals surface area (Å²) in [6, 6.07) is 20.9. The topological polar surface area (TPSA) is 99.6 Å². The predicted molar refractivity (Wildman–Crippen MR) is 202 cm³/mol. The smallest absolute Gasteiger partial charge is 0.253 e. The van der Waals surface area contributed by atoms with Crippen LogP contribution >= 0.6 is 15.9 Å². The molecule has 0 aliphatic carbocycles. The lowest BCUT2D eigenvalue weighted by Crippen LogP contribution is -2.59. The maximum atomic E-state index is 15.3. The molecule has 3 saturated heterocycles. The van der Waals surface area contributed by atoms with Crippen molar-refractivity contribution in [3.05, 3.63) is 115 Å². The molecule has 268 valence electrons. The Bertz CT molecular complexity index is 1780. The van der Waals surface area contributed by atoms with E-state index in [1.165, 1.54) is 4.90 Å². The second kappa shape index (κ2) is 15.2.